The van der Waals surface area contributed by atoms with E-state index in [1.807, 2.05) is 0 Å². The maximum atomic E-state index is 3.65. The molecule has 2 nitrogen and oxygen atoms in total. The minimum absolute atomic E-state index is 0.617. The zero-order valence-electron chi connectivity index (χ0n) is 9.81. The van der Waals surface area contributed by atoms with Crippen LogP contribution in [0.4, 0.5) is 0 Å². The lowest BCUT2D eigenvalue weighted by molar-refractivity contribution is 0.446. The Morgan fingerprint density at radius 2 is 1.64 bits per heavy atom. The van der Waals surface area contributed by atoms with Gasteiger partial charge in [-0.05, 0) is 12.8 Å². The molecule has 1 aliphatic rings. The highest BCUT2D eigenvalue weighted by Gasteiger charge is 2.10. The molecule has 0 bridgehead atoms. The Hall–Kier alpha value is -0.0800. The highest BCUT2D eigenvalue weighted by atomic mass is 15.0. The van der Waals surface area contributed by atoms with Gasteiger partial charge in [-0.1, -0.05) is 39.5 Å². The molecular formula is C12H26N2. The Balaban J connectivity index is 1.99. The quantitative estimate of drug-likeness (QED) is 0.523. The Labute approximate surface area is 88.8 Å². The summed E-state index contributed by atoms with van der Waals surface area (Å²) in [6, 6.07) is 1.41. The van der Waals surface area contributed by atoms with Gasteiger partial charge in [-0.25, -0.2) is 0 Å². The molecule has 0 atom stereocenters. The fourth-order valence-electron chi connectivity index (χ4n) is 2.12. The number of rotatable bonds is 5. The molecule has 1 fully saturated rings. The van der Waals surface area contributed by atoms with Crippen molar-refractivity contribution in [1.29, 1.82) is 0 Å². The van der Waals surface area contributed by atoms with Crippen molar-refractivity contribution in [3.8, 4) is 0 Å². The lowest BCUT2D eigenvalue weighted by Gasteiger charge is -2.17. The molecule has 0 aromatic carbocycles. The predicted molar refractivity (Wildman–Crippen MR) is 62.6 cm³/mol. The zero-order valence-corrected chi connectivity index (χ0v) is 9.81. The van der Waals surface area contributed by atoms with Gasteiger partial charge >= 0.3 is 0 Å². The summed E-state index contributed by atoms with van der Waals surface area (Å²) in [7, 11) is 0. The summed E-state index contributed by atoms with van der Waals surface area (Å²) in [5, 5.41) is 7.09. The van der Waals surface area contributed by atoms with Crippen molar-refractivity contribution >= 4 is 0 Å². The van der Waals surface area contributed by atoms with E-state index < -0.39 is 0 Å². The van der Waals surface area contributed by atoms with Gasteiger partial charge in [-0.2, -0.15) is 0 Å². The summed E-state index contributed by atoms with van der Waals surface area (Å²) in [5.41, 5.74) is 0. The van der Waals surface area contributed by atoms with E-state index in [9.17, 15) is 0 Å². The van der Waals surface area contributed by atoms with Crippen molar-refractivity contribution < 1.29 is 0 Å². The van der Waals surface area contributed by atoms with E-state index in [4.69, 9.17) is 0 Å². The van der Waals surface area contributed by atoms with Gasteiger partial charge in [0.25, 0.3) is 0 Å². The molecular weight excluding hydrogens is 172 g/mol. The molecule has 0 aromatic heterocycles. The van der Waals surface area contributed by atoms with E-state index in [2.05, 4.69) is 24.5 Å². The van der Waals surface area contributed by atoms with Crippen LogP contribution in [0, 0.1) is 0 Å². The minimum Gasteiger partial charge on any atom is -0.313 e. The van der Waals surface area contributed by atoms with Gasteiger partial charge in [-0.15, -0.1) is 0 Å². The molecule has 0 aliphatic heterocycles. The van der Waals surface area contributed by atoms with E-state index in [0.717, 1.165) is 19.1 Å². The normalized spacial score (nSPS) is 19.9. The molecule has 0 unspecified atom stereocenters. The summed E-state index contributed by atoms with van der Waals surface area (Å²) < 4.78 is 0. The summed E-state index contributed by atoms with van der Waals surface area (Å²) in [5.74, 6) is 0. The molecule has 0 saturated heterocycles. The molecule has 1 saturated carbocycles. The smallest absolute Gasteiger partial charge is 0.00794 e. The first-order chi connectivity index (χ1) is 6.79. The van der Waals surface area contributed by atoms with Crippen LogP contribution in [0.5, 0.6) is 0 Å². The molecule has 0 aromatic rings. The third-order valence-electron chi connectivity index (χ3n) is 2.97. The van der Waals surface area contributed by atoms with E-state index in [0.29, 0.717) is 6.04 Å². The summed E-state index contributed by atoms with van der Waals surface area (Å²) in [4.78, 5) is 0. The Bertz CT molecular complexity index is 126. The second kappa shape index (κ2) is 7.24. The van der Waals surface area contributed by atoms with Crippen LogP contribution in [0.3, 0.4) is 0 Å². The highest BCUT2D eigenvalue weighted by Crippen LogP contribution is 2.16. The molecule has 2 N–H and O–H groups in total. The van der Waals surface area contributed by atoms with Crippen molar-refractivity contribution in [3.63, 3.8) is 0 Å². The van der Waals surface area contributed by atoms with Crippen LogP contribution in [-0.4, -0.2) is 25.2 Å². The van der Waals surface area contributed by atoms with E-state index >= 15 is 0 Å². The van der Waals surface area contributed by atoms with Gasteiger partial charge in [0, 0.05) is 25.2 Å². The average Bonchev–Trinajstić information content (AvgIpc) is 2.40. The first-order valence-corrected chi connectivity index (χ1v) is 6.26. The lowest BCUT2D eigenvalue weighted by Crippen LogP contribution is -2.36. The molecule has 1 rings (SSSR count). The second-order valence-electron chi connectivity index (χ2n) is 4.75. The molecule has 0 spiro atoms. The van der Waals surface area contributed by atoms with Crippen LogP contribution in [-0.2, 0) is 0 Å². The van der Waals surface area contributed by atoms with E-state index in [-0.39, 0.29) is 0 Å². The molecule has 14 heavy (non-hydrogen) atoms. The molecule has 1 aliphatic carbocycles. The standard InChI is InChI=1S/C12H26N2/c1-11(2)13-9-10-14-12-7-5-3-4-6-8-12/h11-14H,3-10H2,1-2H3. The van der Waals surface area contributed by atoms with Crippen LogP contribution in [0.15, 0.2) is 0 Å². The fraction of sp³-hybridized carbons (Fsp3) is 1.00. The summed E-state index contributed by atoms with van der Waals surface area (Å²) >= 11 is 0. The van der Waals surface area contributed by atoms with Gasteiger partial charge in [0.1, 0.15) is 0 Å². The average molecular weight is 198 g/mol. The molecule has 2 heteroatoms. The third kappa shape index (κ3) is 5.61. The topological polar surface area (TPSA) is 24.1 Å². The monoisotopic (exact) mass is 198 g/mol. The fourth-order valence-corrected chi connectivity index (χ4v) is 2.12. The van der Waals surface area contributed by atoms with Crippen molar-refractivity contribution in [1.82, 2.24) is 10.6 Å². The van der Waals surface area contributed by atoms with Gasteiger partial charge in [0.2, 0.25) is 0 Å². The molecule has 0 amide bonds. The minimum atomic E-state index is 0.617. The Kier molecular flexibility index (Phi) is 6.20. The summed E-state index contributed by atoms with van der Waals surface area (Å²) in [6.45, 7) is 6.63. The maximum Gasteiger partial charge on any atom is 0.00794 e. The molecule has 84 valence electrons. The third-order valence-corrected chi connectivity index (χ3v) is 2.97. The number of hydrogen-bond acceptors (Lipinski definition) is 2. The van der Waals surface area contributed by atoms with Crippen LogP contribution in [0.25, 0.3) is 0 Å². The van der Waals surface area contributed by atoms with E-state index in [1.165, 1.54) is 38.5 Å². The number of hydrogen-bond donors (Lipinski definition) is 2. The van der Waals surface area contributed by atoms with Crippen molar-refractivity contribution in [2.75, 3.05) is 13.1 Å². The number of nitrogens with one attached hydrogen (secondary N) is 2. The zero-order chi connectivity index (χ0) is 10.2. The van der Waals surface area contributed by atoms with Crippen molar-refractivity contribution in [2.45, 2.75) is 64.5 Å². The van der Waals surface area contributed by atoms with Crippen LogP contribution in [0.2, 0.25) is 0 Å². The highest BCUT2D eigenvalue weighted by molar-refractivity contribution is 4.71. The predicted octanol–water partition coefficient (Wildman–Crippen LogP) is 2.30. The summed E-state index contributed by atoms with van der Waals surface area (Å²) in [6.07, 6.45) is 8.53. The largest absolute Gasteiger partial charge is 0.313 e. The van der Waals surface area contributed by atoms with Crippen molar-refractivity contribution in [3.05, 3.63) is 0 Å². The van der Waals surface area contributed by atoms with Gasteiger partial charge < -0.3 is 10.6 Å². The van der Waals surface area contributed by atoms with Gasteiger partial charge in [-0.3, -0.25) is 0 Å². The van der Waals surface area contributed by atoms with Crippen molar-refractivity contribution in [2.24, 2.45) is 0 Å². The lowest BCUT2D eigenvalue weighted by atomic mass is 10.1. The van der Waals surface area contributed by atoms with Gasteiger partial charge in [0.15, 0.2) is 0 Å². The molecule has 0 heterocycles. The Morgan fingerprint density at radius 3 is 2.21 bits per heavy atom. The molecule has 0 radical (unpaired) electrons. The van der Waals surface area contributed by atoms with Crippen LogP contribution in [0.1, 0.15) is 52.4 Å². The van der Waals surface area contributed by atoms with E-state index in [1.54, 1.807) is 0 Å². The van der Waals surface area contributed by atoms with Gasteiger partial charge in [0.05, 0.1) is 0 Å². The van der Waals surface area contributed by atoms with Crippen LogP contribution < -0.4 is 10.6 Å². The van der Waals surface area contributed by atoms with Crippen LogP contribution >= 0.6 is 0 Å². The second-order valence-corrected chi connectivity index (χ2v) is 4.75. The SMILES string of the molecule is CC(C)NCCNC1CCCCCC1. The Morgan fingerprint density at radius 1 is 1.00 bits per heavy atom. The maximum absolute atomic E-state index is 3.65. The first-order valence-electron chi connectivity index (χ1n) is 6.26. The first kappa shape index (κ1) is 12.0.